The van der Waals surface area contributed by atoms with Crippen molar-refractivity contribution in [1.29, 1.82) is 0 Å². The molecule has 1 saturated carbocycles. The fourth-order valence-electron chi connectivity index (χ4n) is 2.48. The maximum absolute atomic E-state index is 12.4. The summed E-state index contributed by atoms with van der Waals surface area (Å²) in [4.78, 5) is 2.37. The first kappa shape index (κ1) is 13.1. The molecule has 0 radical (unpaired) electrons. The van der Waals surface area contributed by atoms with E-state index < -0.39 is 10.0 Å². The zero-order chi connectivity index (χ0) is 13.5. The highest BCUT2D eigenvalue weighted by Crippen LogP contribution is 2.28. The summed E-state index contributed by atoms with van der Waals surface area (Å²) < 4.78 is 31.5. The van der Waals surface area contributed by atoms with Crippen molar-refractivity contribution in [1.82, 2.24) is 9.21 Å². The zero-order valence-corrected chi connectivity index (χ0v) is 11.6. The first-order valence-electron chi connectivity index (χ1n) is 6.64. The Labute approximate surface area is 113 Å². The van der Waals surface area contributed by atoms with E-state index in [4.69, 9.17) is 10.2 Å². The third kappa shape index (κ3) is 2.55. The maximum Gasteiger partial charge on any atom is 0.276 e. The van der Waals surface area contributed by atoms with Crippen molar-refractivity contribution in [2.45, 2.75) is 30.5 Å². The van der Waals surface area contributed by atoms with Gasteiger partial charge in [0.2, 0.25) is 5.09 Å². The van der Waals surface area contributed by atoms with Crippen LogP contribution in [0.2, 0.25) is 0 Å². The summed E-state index contributed by atoms with van der Waals surface area (Å²) in [7, 11) is -3.50. The molecule has 0 spiro atoms. The molecule has 1 aliphatic heterocycles. The summed E-state index contributed by atoms with van der Waals surface area (Å²) in [6.07, 6.45) is 2.51. The first-order valence-corrected chi connectivity index (χ1v) is 8.08. The lowest BCUT2D eigenvalue weighted by Gasteiger charge is -2.33. The van der Waals surface area contributed by atoms with E-state index in [-0.39, 0.29) is 11.6 Å². The SMILES string of the molecule is NCc1ccc(S(=O)(=O)N2CCN(C3CC3)CC2)o1. The number of rotatable bonds is 4. The van der Waals surface area contributed by atoms with Crippen LogP contribution in [-0.4, -0.2) is 49.8 Å². The summed E-state index contributed by atoms with van der Waals surface area (Å²) in [5.41, 5.74) is 5.43. The van der Waals surface area contributed by atoms with E-state index in [1.54, 1.807) is 6.07 Å². The van der Waals surface area contributed by atoms with Crippen LogP contribution < -0.4 is 5.73 Å². The summed E-state index contributed by atoms with van der Waals surface area (Å²) in [6.45, 7) is 2.92. The number of nitrogens with two attached hydrogens (primary N) is 1. The standard InChI is InChI=1S/C12H19N3O3S/c13-9-11-3-4-12(18-11)19(16,17)15-7-5-14(6-8-15)10-1-2-10/h3-4,10H,1-2,5-9,13H2. The molecule has 3 rings (SSSR count). The van der Waals surface area contributed by atoms with Crippen molar-refractivity contribution in [2.75, 3.05) is 26.2 Å². The van der Waals surface area contributed by atoms with Crippen molar-refractivity contribution in [2.24, 2.45) is 5.73 Å². The summed E-state index contributed by atoms with van der Waals surface area (Å²) in [5, 5.41) is 0.00724. The van der Waals surface area contributed by atoms with Gasteiger partial charge in [-0.1, -0.05) is 0 Å². The number of hydrogen-bond acceptors (Lipinski definition) is 5. The highest BCUT2D eigenvalue weighted by Gasteiger charge is 2.35. The van der Waals surface area contributed by atoms with Gasteiger partial charge in [0.15, 0.2) is 0 Å². The molecule has 0 atom stereocenters. The van der Waals surface area contributed by atoms with Crippen molar-refractivity contribution in [3.63, 3.8) is 0 Å². The van der Waals surface area contributed by atoms with E-state index in [0.717, 1.165) is 13.1 Å². The molecule has 2 N–H and O–H groups in total. The van der Waals surface area contributed by atoms with Gasteiger partial charge in [-0.3, -0.25) is 4.90 Å². The molecule has 7 heteroatoms. The van der Waals surface area contributed by atoms with E-state index in [2.05, 4.69) is 4.90 Å². The average Bonchev–Trinajstić information content (AvgIpc) is 3.15. The zero-order valence-electron chi connectivity index (χ0n) is 10.8. The summed E-state index contributed by atoms with van der Waals surface area (Å²) >= 11 is 0. The lowest BCUT2D eigenvalue weighted by Crippen LogP contribution is -2.49. The van der Waals surface area contributed by atoms with Crippen molar-refractivity contribution < 1.29 is 12.8 Å². The Kier molecular flexibility index (Phi) is 3.38. The van der Waals surface area contributed by atoms with E-state index in [9.17, 15) is 8.42 Å². The van der Waals surface area contributed by atoms with Crippen molar-refractivity contribution in [3.8, 4) is 0 Å². The third-order valence-corrected chi connectivity index (χ3v) is 5.54. The smallest absolute Gasteiger partial charge is 0.276 e. The lowest BCUT2D eigenvalue weighted by atomic mass is 10.3. The number of furan rings is 1. The van der Waals surface area contributed by atoms with Crippen LogP contribution in [0.25, 0.3) is 0 Å². The van der Waals surface area contributed by atoms with Crippen LogP contribution in [0, 0.1) is 0 Å². The first-order chi connectivity index (χ1) is 9.11. The van der Waals surface area contributed by atoms with E-state index in [1.165, 1.54) is 23.2 Å². The average molecular weight is 285 g/mol. The fraction of sp³-hybridized carbons (Fsp3) is 0.667. The molecule has 106 valence electrons. The fourth-order valence-corrected chi connectivity index (χ4v) is 3.83. The Morgan fingerprint density at radius 3 is 2.42 bits per heavy atom. The van der Waals surface area contributed by atoms with Gasteiger partial charge in [0.05, 0.1) is 6.54 Å². The van der Waals surface area contributed by atoms with Crippen LogP contribution in [0.15, 0.2) is 21.6 Å². The molecular formula is C12H19N3O3S. The normalized spacial score (nSPS) is 22.8. The van der Waals surface area contributed by atoms with Crippen LogP contribution in [0.4, 0.5) is 0 Å². The Balaban J connectivity index is 1.70. The van der Waals surface area contributed by atoms with Gasteiger partial charge in [-0.2, -0.15) is 4.31 Å². The van der Waals surface area contributed by atoms with Gasteiger partial charge in [-0.25, -0.2) is 8.42 Å². The second kappa shape index (κ2) is 4.90. The predicted molar refractivity (Wildman–Crippen MR) is 70.0 cm³/mol. The Hall–Kier alpha value is -0.890. The molecule has 0 amide bonds. The Morgan fingerprint density at radius 2 is 1.89 bits per heavy atom. The second-order valence-electron chi connectivity index (χ2n) is 5.10. The highest BCUT2D eigenvalue weighted by molar-refractivity contribution is 7.89. The van der Waals surface area contributed by atoms with Gasteiger partial charge in [0.25, 0.3) is 10.0 Å². The molecule has 6 nitrogen and oxygen atoms in total. The van der Waals surface area contributed by atoms with Crippen LogP contribution >= 0.6 is 0 Å². The monoisotopic (exact) mass is 285 g/mol. The van der Waals surface area contributed by atoms with Crippen LogP contribution in [0.1, 0.15) is 18.6 Å². The maximum atomic E-state index is 12.4. The minimum Gasteiger partial charge on any atom is -0.447 e. The van der Waals surface area contributed by atoms with E-state index >= 15 is 0 Å². The molecular weight excluding hydrogens is 266 g/mol. The van der Waals surface area contributed by atoms with Crippen molar-refractivity contribution in [3.05, 3.63) is 17.9 Å². The topological polar surface area (TPSA) is 79.8 Å². The molecule has 1 aromatic heterocycles. The Morgan fingerprint density at radius 1 is 1.21 bits per heavy atom. The summed E-state index contributed by atoms with van der Waals surface area (Å²) in [5.74, 6) is 0.496. The Bertz CT molecular complexity index is 542. The molecule has 1 aromatic rings. The quantitative estimate of drug-likeness (QED) is 0.855. The molecule has 2 heterocycles. The number of piperazine rings is 1. The van der Waals surface area contributed by atoms with Crippen LogP contribution in [0.3, 0.4) is 0 Å². The molecule has 19 heavy (non-hydrogen) atoms. The van der Waals surface area contributed by atoms with Crippen LogP contribution in [0.5, 0.6) is 0 Å². The lowest BCUT2D eigenvalue weighted by molar-refractivity contribution is 0.179. The summed E-state index contributed by atoms with van der Waals surface area (Å²) in [6, 6.07) is 3.80. The predicted octanol–water partition coefficient (Wildman–Crippen LogP) is 0.207. The molecule has 0 bridgehead atoms. The van der Waals surface area contributed by atoms with Crippen molar-refractivity contribution >= 4 is 10.0 Å². The number of nitrogens with zero attached hydrogens (tertiary/aromatic N) is 2. The molecule has 0 aromatic carbocycles. The highest BCUT2D eigenvalue weighted by atomic mass is 32.2. The minimum atomic E-state index is -3.50. The number of hydrogen-bond donors (Lipinski definition) is 1. The molecule has 2 aliphatic rings. The van der Waals surface area contributed by atoms with Gasteiger partial charge in [-0.05, 0) is 25.0 Å². The third-order valence-electron chi connectivity index (χ3n) is 3.77. The molecule has 1 aliphatic carbocycles. The van der Waals surface area contributed by atoms with Gasteiger partial charge >= 0.3 is 0 Å². The largest absolute Gasteiger partial charge is 0.447 e. The van der Waals surface area contributed by atoms with Gasteiger partial charge in [-0.15, -0.1) is 0 Å². The number of sulfonamides is 1. The van der Waals surface area contributed by atoms with Crippen LogP contribution in [-0.2, 0) is 16.6 Å². The molecule has 1 saturated heterocycles. The van der Waals surface area contributed by atoms with Gasteiger partial charge in [0, 0.05) is 32.2 Å². The molecule has 2 fully saturated rings. The van der Waals surface area contributed by atoms with Gasteiger partial charge < -0.3 is 10.2 Å². The minimum absolute atomic E-state index is 0.00724. The van der Waals surface area contributed by atoms with E-state index in [0.29, 0.717) is 24.9 Å². The second-order valence-corrected chi connectivity index (χ2v) is 6.96. The van der Waals surface area contributed by atoms with Gasteiger partial charge in [0.1, 0.15) is 5.76 Å². The van der Waals surface area contributed by atoms with E-state index in [1.807, 2.05) is 0 Å². The molecule has 0 unspecified atom stereocenters.